The quantitative estimate of drug-likeness (QED) is 0.808. The van der Waals surface area contributed by atoms with Gasteiger partial charge in [-0.05, 0) is 12.1 Å². The summed E-state index contributed by atoms with van der Waals surface area (Å²) in [5.41, 5.74) is 2.56. The Balaban J connectivity index is 2.78. The summed E-state index contributed by atoms with van der Waals surface area (Å²) in [7, 11) is 0. The molecule has 0 atom stereocenters. The van der Waals surface area contributed by atoms with E-state index in [1.165, 1.54) is 0 Å². The van der Waals surface area contributed by atoms with E-state index in [1.54, 1.807) is 18.5 Å². The maximum absolute atomic E-state index is 10.9. The Morgan fingerprint density at radius 2 is 2.36 bits per heavy atom. The Bertz CT molecular complexity index is 493. The molecule has 2 rings (SSSR count). The molecular weight excluding hydrogens is 248 g/mol. The molecule has 2 N–H and O–H groups in total. The second-order valence-corrected chi connectivity index (χ2v) is 3.39. The van der Waals surface area contributed by atoms with Gasteiger partial charge in [0.2, 0.25) is 0 Å². The number of aromatic nitrogens is 2. The Morgan fingerprint density at radius 1 is 1.57 bits per heavy atom. The Morgan fingerprint density at radius 3 is 3.00 bits per heavy atom. The molecule has 0 aliphatic heterocycles. The van der Waals surface area contributed by atoms with Crippen LogP contribution >= 0.6 is 15.9 Å². The van der Waals surface area contributed by atoms with Crippen molar-refractivity contribution in [2.75, 3.05) is 0 Å². The first-order valence-electron chi connectivity index (χ1n) is 3.98. The Labute approximate surface area is 88.1 Å². The molecule has 1 aromatic heterocycles. The van der Waals surface area contributed by atoms with E-state index in [9.17, 15) is 4.79 Å². The van der Waals surface area contributed by atoms with Gasteiger partial charge in [0, 0.05) is 10.9 Å². The van der Waals surface area contributed by atoms with Gasteiger partial charge in [-0.25, -0.2) is 9.78 Å². The van der Waals surface area contributed by atoms with Crippen LogP contribution in [0.15, 0.2) is 18.5 Å². The van der Waals surface area contributed by atoms with Crippen LogP contribution in [0.4, 0.5) is 0 Å². The van der Waals surface area contributed by atoms with E-state index in [0.29, 0.717) is 22.0 Å². The predicted molar refractivity (Wildman–Crippen MR) is 55.7 cm³/mol. The number of carboxylic acid groups (broad SMARTS) is 1. The second kappa shape index (κ2) is 3.42. The average molecular weight is 255 g/mol. The maximum Gasteiger partial charge on any atom is 0.336 e. The monoisotopic (exact) mass is 254 g/mol. The first-order valence-corrected chi connectivity index (χ1v) is 5.10. The zero-order valence-electron chi connectivity index (χ0n) is 7.12. The number of carboxylic acids is 1. The topological polar surface area (TPSA) is 66.0 Å². The van der Waals surface area contributed by atoms with E-state index in [1.807, 2.05) is 0 Å². The molecule has 5 heteroatoms. The minimum Gasteiger partial charge on any atom is -0.478 e. The van der Waals surface area contributed by atoms with E-state index in [0.717, 1.165) is 5.52 Å². The van der Waals surface area contributed by atoms with Crippen molar-refractivity contribution in [3.05, 3.63) is 29.6 Å². The summed E-state index contributed by atoms with van der Waals surface area (Å²) in [5, 5.41) is 9.42. The van der Waals surface area contributed by atoms with Crippen LogP contribution < -0.4 is 0 Å². The minimum absolute atomic E-state index is 0.293. The zero-order chi connectivity index (χ0) is 10.1. The van der Waals surface area contributed by atoms with Crippen LogP contribution in [0.3, 0.4) is 0 Å². The second-order valence-electron chi connectivity index (χ2n) is 2.83. The number of fused-ring (bicyclic) bond motifs is 1. The minimum atomic E-state index is -0.927. The number of nitrogens with one attached hydrogen (secondary N) is 1. The third kappa shape index (κ3) is 1.29. The van der Waals surface area contributed by atoms with E-state index < -0.39 is 5.97 Å². The summed E-state index contributed by atoms with van der Waals surface area (Å²) in [5.74, 6) is -0.927. The highest BCUT2D eigenvalue weighted by Gasteiger charge is 2.13. The highest BCUT2D eigenvalue weighted by Crippen LogP contribution is 2.21. The van der Waals surface area contributed by atoms with Gasteiger partial charge < -0.3 is 10.1 Å². The largest absolute Gasteiger partial charge is 0.478 e. The van der Waals surface area contributed by atoms with Crippen molar-refractivity contribution in [2.24, 2.45) is 0 Å². The number of aromatic amines is 1. The number of aromatic carboxylic acids is 1. The smallest absolute Gasteiger partial charge is 0.336 e. The lowest BCUT2D eigenvalue weighted by Crippen LogP contribution is -2.01. The van der Waals surface area contributed by atoms with Crippen LogP contribution in [0.5, 0.6) is 0 Å². The van der Waals surface area contributed by atoms with Crippen molar-refractivity contribution in [2.45, 2.75) is 5.33 Å². The Kier molecular flexibility index (Phi) is 2.25. The van der Waals surface area contributed by atoms with Crippen molar-refractivity contribution >= 4 is 32.9 Å². The van der Waals surface area contributed by atoms with Crippen molar-refractivity contribution in [1.82, 2.24) is 9.97 Å². The molecule has 1 heterocycles. The molecule has 14 heavy (non-hydrogen) atoms. The number of H-pyrrole nitrogens is 1. The number of halogens is 1. The lowest BCUT2D eigenvalue weighted by atomic mass is 10.1. The molecule has 0 saturated heterocycles. The zero-order valence-corrected chi connectivity index (χ0v) is 8.71. The standard InChI is InChI=1S/C9H7BrN2O2/c10-3-6-5(9(13)14)1-2-7-8(6)12-4-11-7/h1-2,4H,3H2,(H,11,12)(H,13,14). The maximum atomic E-state index is 10.9. The fourth-order valence-electron chi connectivity index (χ4n) is 1.40. The van der Waals surface area contributed by atoms with Gasteiger partial charge >= 0.3 is 5.97 Å². The van der Waals surface area contributed by atoms with Gasteiger partial charge in [0.25, 0.3) is 0 Å². The predicted octanol–water partition coefficient (Wildman–Crippen LogP) is 2.16. The Hall–Kier alpha value is -1.36. The van der Waals surface area contributed by atoms with Crippen LogP contribution in [-0.4, -0.2) is 21.0 Å². The fourth-order valence-corrected chi connectivity index (χ4v) is 1.97. The lowest BCUT2D eigenvalue weighted by molar-refractivity contribution is 0.0696. The van der Waals surface area contributed by atoms with Crippen LogP contribution in [0.25, 0.3) is 11.0 Å². The molecule has 1 aromatic carbocycles. The molecule has 72 valence electrons. The molecule has 4 nitrogen and oxygen atoms in total. The summed E-state index contributed by atoms with van der Waals surface area (Å²) in [6.07, 6.45) is 1.56. The molecular formula is C9H7BrN2O2. The SMILES string of the molecule is O=C(O)c1ccc2[nH]cnc2c1CBr. The molecule has 0 fully saturated rings. The van der Waals surface area contributed by atoms with Gasteiger partial charge in [0.05, 0.1) is 22.9 Å². The van der Waals surface area contributed by atoms with E-state index in [4.69, 9.17) is 5.11 Å². The summed E-state index contributed by atoms with van der Waals surface area (Å²) in [4.78, 5) is 17.9. The third-order valence-electron chi connectivity index (χ3n) is 2.06. The molecule has 0 radical (unpaired) electrons. The molecule has 0 unspecified atom stereocenters. The summed E-state index contributed by atoms with van der Waals surface area (Å²) in [6, 6.07) is 3.30. The van der Waals surface area contributed by atoms with Gasteiger partial charge in [-0.3, -0.25) is 0 Å². The van der Waals surface area contributed by atoms with Crippen molar-refractivity contribution in [3.8, 4) is 0 Å². The summed E-state index contributed by atoms with van der Waals surface area (Å²) in [6.45, 7) is 0. The van der Waals surface area contributed by atoms with Gasteiger partial charge in [0.1, 0.15) is 0 Å². The molecule has 0 spiro atoms. The molecule has 0 aliphatic rings. The lowest BCUT2D eigenvalue weighted by Gasteiger charge is -2.02. The van der Waals surface area contributed by atoms with Gasteiger partial charge in [-0.2, -0.15) is 0 Å². The third-order valence-corrected chi connectivity index (χ3v) is 2.62. The highest BCUT2D eigenvalue weighted by atomic mass is 79.9. The van der Waals surface area contributed by atoms with Crippen molar-refractivity contribution in [3.63, 3.8) is 0 Å². The van der Waals surface area contributed by atoms with Crippen LogP contribution in [0, 0.1) is 0 Å². The number of benzene rings is 1. The summed E-state index contributed by atoms with van der Waals surface area (Å²) >= 11 is 3.27. The van der Waals surface area contributed by atoms with Gasteiger partial charge in [-0.15, -0.1) is 0 Å². The van der Waals surface area contributed by atoms with Gasteiger partial charge in [0.15, 0.2) is 0 Å². The number of alkyl halides is 1. The number of rotatable bonds is 2. The normalized spacial score (nSPS) is 10.6. The number of nitrogens with zero attached hydrogens (tertiary/aromatic N) is 1. The molecule has 0 aliphatic carbocycles. The molecule has 2 aromatic rings. The van der Waals surface area contributed by atoms with Crippen molar-refractivity contribution < 1.29 is 9.90 Å². The molecule has 0 amide bonds. The first kappa shape index (κ1) is 9.21. The van der Waals surface area contributed by atoms with E-state index in [-0.39, 0.29) is 0 Å². The summed E-state index contributed by atoms with van der Waals surface area (Å²) < 4.78 is 0. The number of carbonyl (C=O) groups is 1. The highest BCUT2D eigenvalue weighted by molar-refractivity contribution is 9.08. The first-order chi connectivity index (χ1) is 6.74. The van der Waals surface area contributed by atoms with Crippen LogP contribution in [0.2, 0.25) is 0 Å². The van der Waals surface area contributed by atoms with E-state index in [2.05, 4.69) is 25.9 Å². The molecule has 0 bridgehead atoms. The molecule has 0 saturated carbocycles. The van der Waals surface area contributed by atoms with Crippen molar-refractivity contribution in [1.29, 1.82) is 0 Å². The average Bonchev–Trinajstić information content (AvgIpc) is 2.63. The van der Waals surface area contributed by atoms with Gasteiger partial charge in [-0.1, -0.05) is 15.9 Å². The van der Waals surface area contributed by atoms with Crippen LogP contribution in [0.1, 0.15) is 15.9 Å². The number of imidazole rings is 1. The number of hydrogen-bond donors (Lipinski definition) is 2. The van der Waals surface area contributed by atoms with Crippen LogP contribution in [-0.2, 0) is 5.33 Å². The fraction of sp³-hybridized carbons (Fsp3) is 0.111. The number of hydrogen-bond acceptors (Lipinski definition) is 2. The van der Waals surface area contributed by atoms with E-state index >= 15 is 0 Å².